The highest BCUT2D eigenvalue weighted by molar-refractivity contribution is 14.1. The molecular formula is C27H27IN6O2S. The van der Waals surface area contributed by atoms with Crippen LogP contribution in [0, 0.1) is 10.5 Å². The highest BCUT2D eigenvalue weighted by atomic mass is 127. The van der Waals surface area contributed by atoms with Crippen LogP contribution in [-0.4, -0.2) is 39.2 Å². The van der Waals surface area contributed by atoms with Crippen molar-refractivity contribution in [2.45, 2.75) is 30.8 Å². The molecule has 0 spiro atoms. The van der Waals surface area contributed by atoms with Crippen LogP contribution in [0.3, 0.4) is 0 Å². The average molecular weight is 627 g/mol. The standard InChI is InChI=1S/C27H27IN6O2S/c1-18-14-21(28)12-13-24(18)29-17-25-31-33-27(34(25)22-9-5-4-6-10-22)37-19(2)26(35)32-30-16-20-8-7-11-23(15-20)36-3/h4-16,19,29H,17H2,1-3H3,(H,32,35)/b30-16-/t19-/m1/s1. The second-order valence-electron chi connectivity index (χ2n) is 8.15. The summed E-state index contributed by atoms with van der Waals surface area (Å²) >= 11 is 3.63. The summed E-state index contributed by atoms with van der Waals surface area (Å²) in [5.41, 5.74) is 6.56. The van der Waals surface area contributed by atoms with Gasteiger partial charge in [0, 0.05) is 14.9 Å². The predicted octanol–water partition coefficient (Wildman–Crippen LogP) is 5.43. The molecule has 1 atom stereocenters. The number of methoxy groups -OCH3 is 1. The van der Waals surface area contributed by atoms with E-state index in [0.717, 1.165) is 34.1 Å². The number of benzene rings is 3. The summed E-state index contributed by atoms with van der Waals surface area (Å²) in [7, 11) is 1.61. The summed E-state index contributed by atoms with van der Waals surface area (Å²) in [6, 6.07) is 23.6. The number of rotatable bonds is 10. The van der Waals surface area contributed by atoms with Crippen LogP contribution in [-0.2, 0) is 11.3 Å². The fraction of sp³-hybridized carbons (Fsp3) is 0.185. The number of anilines is 1. The average Bonchev–Trinajstić information content (AvgIpc) is 3.30. The molecule has 3 aromatic carbocycles. The number of aromatic nitrogens is 3. The summed E-state index contributed by atoms with van der Waals surface area (Å²) < 4.78 is 8.38. The minimum absolute atomic E-state index is 0.235. The smallest absolute Gasteiger partial charge is 0.253 e. The Balaban J connectivity index is 1.47. The number of nitrogens with one attached hydrogen (secondary N) is 2. The fourth-order valence-corrected chi connectivity index (χ4v) is 5.05. The molecule has 2 N–H and O–H groups in total. The molecule has 0 fully saturated rings. The van der Waals surface area contributed by atoms with Gasteiger partial charge in [-0.05, 0) is 90.0 Å². The number of halogens is 1. The number of para-hydroxylation sites is 1. The lowest BCUT2D eigenvalue weighted by Gasteiger charge is -2.14. The quantitative estimate of drug-likeness (QED) is 0.106. The third kappa shape index (κ3) is 7.10. The van der Waals surface area contributed by atoms with E-state index in [4.69, 9.17) is 4.74 Å². The summed E-state index contributed by atoms with van der Waals surface area (Å²) in [5, 5.41) is 16.6. The van der Waals surface area contributed by atoms with Crippen molar-refractivity contribution < 1.29 is 9.53 Å². The van der Waals surface area contributed by atoms with E-state index in [-0.39, 0.29) is 5.91 Å². The molecule has 4 rings (SSSR count). The molecular weight excluding hydrogens is 599 g/mol. The lowest BCUT2D eigenvalue weighted by atomic mass is 10.2. The normalized spacial score (nSPS) is 11.9. The number of hydrogen-bond acceptors (Lipinski definition) is 7. The van der Waals surface area contributed by atoms with Gasteiger partial charge in [-0.3, -0.25) is 9.36 Å². The molecule has 190 valence electrons. The van der Waals surface area contributed by atoms with E-state index in [1.807, 2.05) is 66.1 Å². The first-order chi connectivity index (χ1) is 17.9. The van der Waals surface area contributed by atoms with Gasteiger partial charge in [0.1, 0.15) is 5.75 Å². The molecule has 0 saturated heterocycles. The molecule has 1 heterocycles. The first kappa shape index (κ1) is 26.7. The van der Waals surface area contributed by atoms with Crippen LogP contribution in [0.4, 0.5) is 5.69 Å². The van der Waals surface area contributed by atoms with E-state index in [1.54, 1.807) is 13.3 Å². The molecule has 10 heteroatoms. The number of amides is 1. The van der Waals surface area contributed by atoms with E-state index >= 15 is 0 Å². The molecule has 0 aliphatic carbocycles. The fourth-order valence-electron chi connectivity index (χ4n) is 3.52. The molecule has 8 nitrogen and oxygen atoms in total. The van der Waals surface area contributed by atoms with E-state index in [1.165, 1.54) is 15.3 Å². The van der Waals surface area contributed by atoms with Gasteiger partial charge in [0.2, 0.25) is 0 Å². The maximum atomic E-state index is 12.8. The van der Waals surface area contributed by atoms with Crippen molar-refractivity contribution in [3.63, 3.8) is 0 Å². The number of ether oxygens (including phenoxy) is 1. The lowest BCUT2D eigenvalue weighted by Crippen LogP contribution is -2.27. The van der Waals surface area contributed by atoms with Crippen LogP contribution >= 0.6 is 34.4 Å². The van der Waals surface area contributed by atoms with Gasteiger partial charge in [0.05, 0.1) is 25.1 Å². The molecule has 0 saturated carbocycles. The first-order valence-electron chi connectivity index (χ1n) is 11.6. The summed E-state index contributed by atoms with van der Waals surface area (Å²) in [6.07, 6.45) is 1.58. The van der Waals surface area contributed by atoms with Crippen LogP contribution in [0.15, 0.2) is 83.1 Å². The van der Waals surface area contributed by atoms with Gasteiger partial charge in [-0.2, -0.15) is 5.10 Å². The number of nitrogens with zero attached hydrogens (tertiary/aromatic N) is 4. The molecule has 0 radical (unpaired) electrons. The number of carbonyl (C=O) groups excluding carboxylic acids is 1. The van der Waals surface area contributed by atoms with Crippen molar-refractivity contribution in [2.75, 3.05) is 12.4 Å². The van der Waals surface area contributed by atoms with Gasteiger partial charge in [-0.15, -0.1) is 10.2 Å². The van der Waals surface area contributed by atoms with Crippen molar-refractivity contribution in [2.24, 2.45) is 5.10 Å². The Morgan fingerprint density at radius 2 is 1.95 bits per heavy atom. The molecule has 4 aromatic rings. The summed E-state index contributed by atoms with van der Waals surface area (Å²) in [6.45, 7) is 4.37. The van der Waals surface area contributed by atoms with Crippen LogP contribution < -0.4 is 15.5 Å². The Hall–Kier alpha value is -3.38. The van der Waals surface area contributed by atoms with Crippen molar-refractivity contribution >= 4 is 52.2 Å². The molecule has 1 aromatic heterocycles. The van der Waals surface area contributed by atoms with Gasteiger partial charge >= 0.3 is 0 Å². The SMILES string of the molecule is COc1cccc(/C=N\NC(=O)[C@@H](C)Sc2nnc(CNc3ccc(I)cc3C)n2-c2ccccc2)c1. The number of hydrogen-bond donors (Lipinski definition) is 2. The van der Waals surface area contributed by atoms with Crippen LogP contribution in [0.5, 0.6) is 5.75 Å². The lowest BCUT2D eigenvalue weighted by molar-refractivity contribution is -0.120. The second kappa shape index (κ2) is 12.7. The molecule has 1 amide bonds. The Kier molecular flexibility index (Phi) is 9.18. The van der Waals surface area contributed by atoms with Gasteiger partial charge in [0.15, 0.2) is 11.0 Å². The number of thioether (sulfide) groups is 1. The Bertz CT molecular complexity index is 1390. The topological polar surface area (TPSA) is 93.4 Å². The minimum atomic E-state index is -0.451. The molecule has 0 aliphatic heterocycles. The summed E-state index contributed by atoms with van der Waals surface area (Å²) in [4.78, 5) is 12.8. The highest BCUT2D eigenvalue weighted by Gasteiger charge is 2.21. The number of aryl methyl sites for hydroxylation is 1. The van der Waals surface area contributed by atoms with Gasteiger partial charge in [0.25, 0.3) is 5.91 Å². The van der Waals surface area contributed by atoms with Crippen molar-refractivity contribution in [3.05, 3.63) is 93.3 Å². The Morgan fingerprint density at radius 3 is 2.70 bits per heavy atom. The van der Waals surface area contributed by atoms with Crippen LogP contribution in [0.1, 0.15) is 23.9 Å². The number of carbonyl (C=O) groups is 1. The zero-order valence-corrected chi connectivity index (χ0v) is 23.7. The van der Waals surface area contributed by atoms with Crippen molar-refractivity contribution in [1.29, 1.82) is 0 Å². The second-order valence-corrected chi connectivity index (χ2v) is 10.7. The molecule has 0 bridgehead atoms. The maximum Gasteiger partial charge on any atom is 0.253 e. The predicted molar refractivity (Wildman–Crippen MR) is 157 cm³/mol. The summed E-state index contributed by atoms with van der Waals surface area (Å²) in [5.74, 6) is 1.23. The highest BCUT2D eigenvalue weighted by Crippen LogP contribution is 2.27. The van der Waals surface area contributed by atoms with Crippen molar-refractivity contribution in [1.82, 2.24) is 20.2 Å². The molecule has 0 aliphatic rings. The largest absolute Gasteiger partial charge is 0.497 e. The van der Waals surface area contributed by atoms with Gasteiger partial charge < -0.3 is 10.1 Å². The zero-order valence-electron chi connectivity index (χ0n) is 20.7. The van der Waals surface area contributed by atoms with E-state index in [0.29, 0.717) is 11.7 Å². The third-order valence-electron chi connectivity index (χ3n) is 5.47. The van der Waals surface area contributed by atoms with E-state index in [9.17, 15) is 4.79 Å². The zero-order chi connectivity index (χ0) is 26.2. The monoisotopic (exact) mass is 626 g/mol. The third-order valence-corrected chi connectivity index (χ3v) is 7.19. The molecule has 37 heavy (non-hydrogen) atoms. The molecule has 0 unspecified atom stereocenters. The number of hydrazone groups is 1. The van der Waals surface area contributed by atoms with Gasteiger partial charge in [-0.1, -0.05) is 42.1 Å². The first-order valence-corrected chi connectivity index (χ1v) is 13.5. The van der Waals surface area contributed by atoms with E-state index < -0.39 is 5.25 Å². The Morgan fingerprint density at radius 1 is 1.14 bits per heavy atom. The van der Waals surface area contributed by atoms with Crippen LogP contribution in [0.2, 0.25) is 0 Å². The maximum absolute atomic E-state index is 12.8. The minimum Gasteiger partial charge on any atom is -0.497 e. The van der Waals surface area contributed by atoms with Crippen molar-refractivity contribution in [3.8, 4) is 11.4 Å². The Labute approximate surface area is 234 Å². The van der Waals surface area contributed by atoms with Crippen LogP contribution in [0.25, 0.3) is 5.69 Å². The van der Waals surface area contributed by atoms with E-state index in [2.05, 4.69) is 73.8 Å². The van der Waals surface area contributed by atoms with Gasteiger partial charge in [-0.25, -0.2) is 5.43 Å².